The lowest BCUT2D eigenvalue weighted by Crippen LogP contribution is -2.19. The van der Waals surface area contributed by atoms with Gasteiger partial charge in [0.2, 0.25) is 0 Å². The summed E-state index contributed by atoms with van der Waals surface area (Å²) in [5, 5.41) is 29.2. The van der Waals surface area contributed by atoms with Gasteiger partial charge in [0, 0.05) is 31.1 Å². The molecule has 1 heterocycles. The van der Waals surface area contributed by atoms with E-state index >= 15 is 0 Å². The zero-order chi connectivity index (χ0) is 19.9. The van der Waals surface area contributed by atoms with Gasteiger partial charge in [0.15, 0.2) is 0 Å². The van der Waals surface area contributed by atoms with Crippen LogP contribution in [0.3, 0.4) is 0 Å². The Bertz CT molecular complexity index is 698. The van der Waals surface area contributed by atoms with Crippen LogP contribution in [0, 0.1) is 11.8 Å². The van der Waals surface area contributed by atoms with Crippen LogP contribution in [0.2, 0.25) is 0 Å². The minimum atomic E-state index is -0.786. The summed E-state index contributed by atoms with van der Waals surface area (Å²) in [6.45, 7) is 0.155. The summed E-state index contributed by atoms with van der Waals surface area (Å²) in [4.78, 5) is 10.6. The molecule has 0 unspecified atom stereocenters. The topological polar surface area (TPSA) is 96.2 Å². The fourth-order valence-electron chi connectivity index (χ4n) is 3.91. The van der Waals surface area contributed by atoms with Crippen LogP contribution >= 0.6 is 0 Å². The van der Waals surface area contributed by atoms with Crippen molar-refractivity contribution < 1.29 is 29.6 Å². The van der Waals surface area contributed by atoms with Crippen molar-refractivity contribution >= 4 is 5.97 Å². The smallest absolute Gasteiger partial charge is 0.303 e. The minimum Gasteiger partial charge on any atom is -0.495 e. The first-order valence-electron chi connectivity index (χ1n) is 9.82. The van der Waals surface area contributed by atoms with E-state index in [2.05, 4.69) is 0 Å². The highest BCUT2D eigenvalue weighted by molar-refractivity contribution is 5.66. The molecule has 0 radical (unpaired) electrons. The number of rotatable bonds is 9. The third kappa shape index (κ3) is 5.59. The summed E-state index contributed by atoms with van der Waals surface area (Å²) in [5.41, 5.74) is 0. The molecule has 5 atom stereocenters. The number of para-hydroxylation sites is 1. The van der Waals surface area contributed by atoms with Crippen LogP contribution in [-0.4, -0.2) is 46.2 Å². The highest BCUT2D eigenvalue weighted by Crippen LogP contribution is 2.45. The van der Waals surface area contributed by atoms with Gasteiger partial charge in [-0.15, -0.1) is 0 Å². The monoisotopic (exact) mass is 388 g/mol. The molecule has 0 bridgehead atoms. The molecule has 152 valence electrons. The van der Waals surface area contributed by atoms with Crippen molar-refractivity contribution in [1.29, 1.82) is 0 Å². The lowest BCUT2D eigenvalue weighted by molar-refractivity contribution is -0.137. The van der Waals surface area contributed by atoms with Crippen molar-refractivity contribution in [2.45, 2.75) is 50.4 Å². The molecule has 6 nitrogen and oxygen atoms in total. The fourth-order valence-corrected chi connectivity index (χ4v) is 3.91. The number of fused-ring (bicyclic) bond motifs is 1. The molecule has 1 saturated heterocycles. The molecule has 6 heteroatoms. The SMILES string of the molecule is O=C(O)CCCC=C1C[C@@H]2[C@@H](/C=C/[C@@H](O)COc3ccccc3)[C@H](O)C[C@@H]2O1. The minimum absolute atomic E-state index is 0.0203. The largest absolute Gasteiger partial charge is 0.495 e. The summed E-state index contributed by atoms with van der Waals surface area (Å²) >= 11 is 0. The number of aliphatic hydroxyl groups excluding tert-OH is 2. The number of carboxylic acids is 1. The third-order valence-corrected chi connectivity index (χ3v) is 5.32. The molecule has 1 saturated carbocycles. The predicted molar refractivity (Wildman–Crippen MR) is 104 cm³/mol. The first kappa shape index (κ1) is 20.4. The number of benzene rings is 1. The average Bonchev–Trinajstić information content (AvgIpc) is 3.19. The van der Waals surface area contributed by atoms with Crippen LogP contribution in [0.15, 0.2) is 54.3 Å². The molecule has 2 aliphatic rings. The predicted octanol–water partition coefficient (Wildman–Crippen LogP) is 2.91. The molecule has 3 N–H and O–H groups in total. The lowest BCUT2D eigenvalue weighted by Gasteiger charge is -2.16. The van der Waals surface area contributed by atoms with Gasteiger partial charge in [-0.05, 0) is 31.1 Å². The summed E-state index contributed by atoms with van der Waals surface area (Å²) in [6.07, 6.45) is 7.02. The number of unbranched alkanes of at least 4 members (excludes halogenated alkanes) is 1. The van der Waals surface area contributed by atoms with Gasteiger partial charge in [-0.2, -0.15) is 0 Å². The van der Waals surface area contributed by atoms with Crippen molar-refractivity contribution in [2.24, 2.45) is 11.8 Å². The highest BCUT2D eigenvalue weighted by Gasteiger charge is 2.46. The van der Waals surface area contributed by atoms with E-state index in [1.807, 2.05) is 42.5 Å². The summed E-state index contributed by atoms with van der Waals surface area (Å²) < 4.78 is 11.5. The van der Waals surface area contributed by atoms with Gasteiger partial charge in [-0.25, -0.2) is 0 Å². The van der Waals surface area contributed by atoms with Gasteiger partial charge in [-0.3, -0.25) is 4.79 Å². The number of carboxylic acid groups (broad SMARTS) is 1. The lowest BCUT2D eigenvalue weighted by atomic mass is 9.90. The molecule has 1 aromatic rings. The average molecular weight is 388 g/mol. The molecule has 0 aromatic heterocycles. The number of carbonyl (C=O) groups is 1. The van der Waals surface area contributed by atoms with Crippen LogP contribution in [0.1, 0.15) is 32.1 Å². The van der Waals surface area contributed by atoms with Crippen LogP contribution < -0.4 is 4.74 Å². The number of ether oxygens (including phenoxy) is 2. The maximum absolute atomic E-state index is 10.6. The van der Waals surface area contributed by atoms with Gasteiger partial charge >= 0.3 is 5.97 Å². The molecule has 1 aliphatic carbocycles. The maximum atomic E-state index is 10.6. The van der Waals surface area contributed by atoms with E-state index < -0.39 is 18.2 Å². The Morgan fingerprint density at radius 1 is 1.32 bits per heavy atom. The van der Waals surface area contributed by atoms with E-state index in [0.717, 1.165) is 12.2 Å². The fraction of sp³-hybridized carbons (Fsp3) is 0.500. The Labute approximate surface area is 165 Å². The van der Waals surface area contributed by atoms with E-state index in [1.165, 1.54) is 0 Å². The van der Waals surface area contributed by atoms with E-state index in [1.54, 1.807) is 6.08 Å². The molecule has 2 fully saturated rings. The Morgan fingerprint density at radius 2 is 2.11 bits per heavy atom. The Kier molecular flexibility index (Phi) is 7.12. The maximum Gasteiger partial charge on any atom is 0.303 e. The first-order valence-corrected chi connectivity index (χ1v) is 9.82. The number of aliphatic hydroxyl groups is 2. The van der Waals surface area contributed by atoms with Gasteiger partial charge in [0.05, 0.1) is 11.9 Å². The summed E-state index contributed by atoms with van der Waals surface area (Å²) in [6, 6.07) is 9.32. The van der Waals surface area contributed by atoms with Crippen molar-refractivity contribution in [1.82, 2.24) is 0 Å². The number of hydrogen-bond acceptors (Lipinski definition) is 5. The second-order valence-corrected chi connectivity index (χ2v) is 7.44. The molecular formula is C22H28O6. The van der Waals surface area contributed by atoms with Crippen molar-refractivity contribution in [3.05, 3.63) is 54.3 Å². The molecule has 1 aromatic carbocycles. The number of hydrogen-bond donors (Lipinski definition) is 3. The quantitative estimate of drug-likeness (QED) is 0.445. The molecule has 3 rings (SSSR count). The van der Waals surface area contributed by atoms with Crippen LogP contribution in [0.25, 0.3) is 0 Å². The summed E-state index contributed by atoms with van der Waals surface area (Å²) in [7, 11) is 0. The Hall–Kier alpha value is -2.31. The van der Waals surface area contributed by atoms with Crippen LogP contribution in [0.4, 0.5) is 0 Å². The van der Waals surface area contributed by atoms with Gasteiger partial charge in [-0.1, -0.05) is 30.4 Å². The number of allylic oxidation sites excluding steroid dienone is 2. The van der Waals surface area contributed by atoms with Gasteiger partial charge in [0.1, 0.15) is 24.6 Å². The number of aliphatic carboxylic acids is 1. The molecule has 0 spiro atoms. The van der Waals surface area contributed by atoms with E-state index in [9.17, 15) is 15.0 Å². The standard InChI is InChI=1S/C22H28O6/c23-15(14-27-16-6-2-1-3-7-16)10-11-18-19-12-17(8-4-5-9-22(25)26)28-21(19)13-20(18)24/h1-3,6-8,10-11,15,18-21,23-24H,4-5,9,12-14H2,(H,25,26)/b11-10+,17-8?/t15-,18-,19-,20-,21+/m1/s1. The van der Waals surface area contributed by atoms with Crippen LogP contribution in [0.5, 0.6) is 5.75 Å². The molecule has 0 amide bonds. The molecule has 1 aliphatic heterocycles. The zero-order valence-corrected chi connectivity index (χ0v) is 15.8. The third-order valence-electron chi connectivity index (χ3n) is 5.32. The zero-order valence-electron chi connectivity index (χ0n) is 15.8. The van der Waals surface area contributed by atoms with Gasteiger partial charge < -0.3 is 24.8 Å². The Morgan fingerprint density at radius 3 is 2.86 bits per heavy atom. The van der Waals surface area contributed by atoms with E-state index in [-0.39, 0.29) is 31.0 Å². The van der Waals surface area contributed by atoms with Crippen molar-refractivity contribution in [2.75, 3.05) is 6.61 Å². The van der Waals surface area contributed by atoms with E-state index in [4.69, 9.17) is 14.6 Å². The molecular weight excluding hydrogens is 360 g/mol. The van der Waals surface area contributed by atoms with E-state index in [0.29, 0.717) is 25.0 Å². The second kappa shape index (κ2) is 9.75. The summed E-state index contributed by atoms with van der Waals surface area (Å²) in [5.74, 6) is 0.919. The normalized spacial score (nSPS) is 29.0. The Balaban J connectivity index is 1.49. The van der Waals surface area contributed by atoms with Crippen molar-refractivity contribution in [3.8, 4) is 5.75 Å². The second-order valence-electron chi connectivity index (χ2n) is 7.44. The molecule has 28 heavy (non-hydrogen) atoms. The highest BCUT2D eigenvalue weighted by atomic mass is 16.5. The van der Waals surface area contributed by atoms with Crippen LogP contribution in [-0.2, 0) is 9.53 Å². The van der Waals surface area contributed by atoms with Crippen molar-refractivity contribution in [3.63, 3.8) is 0 Å². The first-order chi connectivity index (χ1) is 13.5. The van der Waals surface area contributed by atoms with Gasteiger partial charge in [0.25, 0.3) is 0 Å².